The molecule has 0 aliphatic carbocycles. The first-order chi connectivity index (χ1) is 10.5. The molecular weight excluding hydrogens is 276 g/mol. The van der Waals surface area contributed by atoms with Gasteiger partial charge in [-0.05, 0) is 61.4 Å². The predicted octanol–water partition coefficient (Wildman–Crippen LogP) is 2.94. The van der Waals surface area contributed by atoms with Gasteiger partial charge in [0.2, 0.25) is 0 Å². The van der Waals surface area contributed by atoms with Gasteiger partial charge in [-0.25, -0.2) is 4.79 Å². The first-order valence-electron chi connectivity index (χ1n) is 7.48. The summed E-state index contributed by atoms with van der Waals surface area (Å²) in [6.07, 6.45) is 3.85. The van der Waals surface area contributed by atoms with Crippen LogP contribution in [0.15, 0.2) is 18.2 Å². The number of carboxylic acid groups (broad SMARTS) is 1. The lowest BCUT2D eigenvalue weighted by atomic mass is 9.94. The number of likely N-dealkylation sites (N-methyl/N-ethyl adjacent to an activating group) is 1. The van der Waals surface area contributed by atoms with E-state index in [9.17, 15) is 4.79 Å². The third kappa shape index (κ3) is 2.62. The molecule has 0 fully saturated rings. The summed E-state index contributed by atoms with van der Waals surface area (Å²) >= 11 is 0. The van der Waals surface area contributed by atoms with Crippen LogP contribution in [-0.2, 0) is 17.8 Å². The number of pyridine rings is 1. The number of hydrogen-bond acceptors (Lipinski definition) is 3. The van der Waals surface area contributed by atoms with Crippen molar-refractivity contribution in [1.29, 1.82) is 0 Å². The van der Waals surface area contributed by atoms with Crippen LogP contribution in [0.4, 0.5) is 0 Å². The Morgan fingerprint density at radius 1 is 1.32 bits per heavy atom. The maximum Gasteiger partial charge on any atom is 0.328 e. The van der Waals surface area contributed by atoms with Crippen LogP contribution >= 0.6 is 0 Å². The van der Waals surface area contributed by atoms with Gasteiger partial charge in [0, 0.05) is 36.7 Å². The van der Waals surface area contributed by atoms with E-state index in [0.717, 1.165) is 47.2 Å². The highest BCUT2D eigenvalue weighted by atomic mass is 16.4. The van der Waals surface area contributed by atoms with Crippen molar-refractivity contribution in [2.24, 2.45) is 0 Å². The van der Waals surface area contributed by atoms with Crippen molar-refractivity contribution in [2.75, 3.05) is 13.6 Å². The molecule has 114 valence electrons. The van der Waals surface area contributed by atoms with Crippen LogP contribution in [0.3, 0.4) is 0 Å². The molecule has 1 aromatic heterocycles. The van der Waals surface area contributed by atoms with Crippen molar-refractivity contribution in [3.05, 3.63) is 46.2 Å². The first kappa shape index (κ1) is 14.7. The number of aromatic nitrogens is 1. The molecule has 1 N–H and O–H groups in total. The van der Waals surface area contributed by atoms with Gasteiger partial charge in [-0.1, -0.05) is 0 Å². The van der Waals surface area contributed by atoms with E-state index in [1.165, 1.54) is 17.2 Å². The highest BCUT2D eigenvalue weighted by Crippen LogP contribution is 2.30. The van der Waals surface area contributed by atoms with Crippen molar-refractivity contribution >= 4 is 22.9 Å². The van der Waals surface area contributed by atoms with Gasteiger partial charge in [0.25, 0.3) is 0 Å². The summed E-state index contributed by atoms with van der Waals surface area (Å²) in [5, 5.41) is 10.0. The van der Waals surface area contributed by atoms with E-state index in [1.54, 1.807) is 6.08 Å². The number of rotatable bonds is 2. The van der Waals surface area contributed by atoms with E-state index in [0.29, 0.717) is 0 Å². The topological polar surface area (TPSA) is 53.4 Å². The minimum absolute atomic E-state index is 0.810. The summed E-state index contributed by atoms with van der Waals surface area (Å²) in [5.74, 6) is -0.924. The SMILES string of the molecule is Cc1cc2nc3c(c(/C=C/C(=O)O)c2cc1C)CN(C)CC3. The molecular formula is C18H20N2O2. The lowest BCUT2D eigenvalue weighted by molar-refractivity contribution is -0.131. The number of fused-ring (bicyclic) bond motifs is 2. The van der Waals surface area contributed by atoms with Gasteiger partial charge in [0.1, 0.15) is 0 Å². The second-order valence-electron chi connectivity index (χ2n) is 6.06. The lowest BCUT2D eigenvalue weighted by Crippen LogP contribution is -2.28. The number of carbonyl (C=O) groups is 1. The number of nitrogens with zero attached hydrogens (tertiary/aromatic N) is 2. The Balaban J connectivity index is 2.31. The fourth-order valence-corrected chi connectivity index (χ4v) is 3.01. The number of benzene rings is 1. The fourth-order valence-electron chi connectivity index (χ4n) is 3.01. The molecule has 0 amide bonds. The van der Waals surface area contributed by atoms with Crippen LogP contribution < -0.4 is 0 Å². The summed E-state index contributed by atoms with van der Waals surface area (Å²) in [6, 6.07) is 4.22. The third-order valence-corrected chi connectivity index (χ3v) is 4.38. The van der Waals surface area contributed by atoms with E-state index in [2.05, 4.69) is 37.9 Å². The first-order valence-corrected chi connectivity index (χ1v) is 7.48. The molecule has 0 radical (unpaired) electrons. The van der Waals surface area contributed by atoms with Crippen molar-refractivity contribution < 1.29 is 9.90 Å². The van der Waals surface area contributed by atoms with Gasteiger partial charge >= 0.3 is 5.97 Å². The highest BCUT2D eigenvalue weighted by molar-refractivity contribution is 5.94. The molecule has 0 spiro atoms. The number of carboxylic acids is 1. The Bertz CT molecular complexity index is 794. The summed E-state index contributed by atoms with van der Waals surface area (Å²) in [6.45, 7) is 5.95. The highest BCUT2D eigenvalue weighted by Gasteiger charge is 2.20. The Labute approximate surface area is 130 Å². The zero-order chi connectivity index (χ0) is 15.9. The molecule has 3 rings (SSSR count). The Hall–Kier alpha value is -2.20. The molecule has 22 heavy (non-hydrogen) atoms. The van der Waals surface area contributed by atoms with E-state index in [1.807, 2.05) is 0 Å². The number of aryl methyl sites for hydroxylation is 2. The number of aliphatic carboxylic acids is 1. The van der Waals surface area contributed by atoms with Crippen molar-refractivity contribution in [2.45, 2.75) is 26.8 Å². The molecule has 1 aromatic carbocycles. The normalized spacial score (nSPS) is 15.4. The number of hydrogen-bond donors (Lipinski definition) is 1. The molecule has 1 aliphatic rings. The Morgan fingerprint density at radius 2 is 2.05 bits per heavy atom. The lowest BCUT2D eigenvalue weighted by Gasteiger charge is -2.26. The van der Waals surface area contributed by atoms with Crippen molar-refractivity contribution in [3.63, 3.8) is 0 Å². The van der Waals surface area contributed by atoms with Crippen LogP contribution in [0.5, 0.6) is 0 Å². The Morgan fingerprint density at radius 3 is 2.77 bits per heavy atom. The minimum Gasteiger partial charge on any atom is -0.478 e. The van der Waals surface area contributed by atoms with Crippen LogP contribution in [0, 0.1) is 13.8 Å². The molecule has 1 aliphatic heterocycles. The molecule has 2 aromatic rings. The van der Waals surface area contributed by atoms with Gasteiger partial charge in [-0.15, -0.1) is 0 Å². The summed E-state index contributed by atoms with van der Waals surface area (Å²) in [7, 11) is 2.08. The van der Waals surface area contributed by atoms with E-state index in [-0.39, 0.29) is 0 Å². The van der Waals surface area contributed by atoms with Crippen molar-refractivity contribution in [1.82, 2.24) is 9.88 Å². The van der Waals surface area contributed by atoms with Gasteiger partial charge in [-0.3, -0.25) is 4.98 Å². The molecule has 4 heteroatoms. The van der Waals surface area contributed by atoms with Gasteiger partial charge in [-0.2, -0.15) is 0 Å². The van der Waals surface area contributed by atoms with Crippen LogP contribution in [0.2, 0.25) is 0 Å². The smallest absolute Gasteiger partial charge is 0.328 e. The predicted molar refractivity (Wildman–Crippen MR) is 87.9 cm³/mol. The zero-order valence-electron chi connectivity index (χ0n) is 13.2. The molecule has 0 unspecified atom stereocenters. The van der Waals surface area contributed by atoms with E-state index >= 15 is 0 Å². The standard InChI is InChI=1S/C18H20N2O2/c1-11-8-14-13(4-5-18(21)22)15-10-20(3)7-6-16(15)19-17(14)9-12(11)2/h4-5,8-9H,6-7,10H2,1-3H3,(H,21,22)/b5-4+. The van der Waals surface area contributed by atoms with E-state index in [4.69, 9.17) is 10.1 Å². The van der Waals surface area contributed by atoms with Crippen LogP contribution in [0.25, 0.3) is 17.0 Å². The molecule has 0 atom stereocenters. The zero-order valence-corrected chi connectivity index (χ0v) is 13.2. The fraction of sp³-hybridized carbons (Fsp3) is 0.333. The molecule has 0 bridgehead atoms. The van der Waals surface area contributed by atoms with Gasteiger partial charge < -0.3 is 10.0 Å². The average molecular weight is 296 g/mol. The monoisotopic (exact) mass is 296 g/mol. The molecule has 4 nitrogen and oxygen atoms in total. The van der Waals surface area contributed by atoms with Crippen LogP contribution in [-0.4, -0.2) is 34.6 Å². The average Bonchev–Trinajstić information content (AvgIpc) is 2.45. The van der Waals surface area contributed by atoms with E-state index < -0.39 is 5.97 Å². The summed E-state index contributed by atoms with van der Waals surface area (Å²) in [5.41, 5.74) is 6.61. The van der Waals surface area contributed by atoms with Gasteiger partial charge in [0.05, 0.1) is 5.52 Å². The molecule has 0 saturated carbocycles. The molecule has 0 saturated heterocycles. The molecule has 2 heterocycles. The second kappa shape index (κ2) is 5.54. The third-order valence-electron chi connectivity index (χ3n) is 4.38. The second-order valence-corrected chi connectivity index (χ2v) is 6.06. The van der Waals surface area contributed by atoms with Gasteiger partial charge in [0.15, 0.2) is 0 Å². The summed E-state index contributed by atoms with van der Waals surface area (Å²) < 4.78 is 0. The van der Waals surface area contributed by atoms with Crippen LogP contribution in [0.1, 0.15) is 27.9 Å². The largest absolute Gasteiger partial charge is 0.478 e. The maximum absolute atomic E-state index is 10.9. The van der Waals surface area contributed by atoms with Crippen molar-refractivity contribution in [3.8, 4) is 0 Å². The quantitative estimate of drug-likeness (QED) is 0.866. The summed E-state index contributed by atoms with van der Waals surface area (Å²) in [4.78, 5) is 18.0. The Kier molecular flexibility index (Phi) is 3.71. The minimum atomic E-state index is -0.924. The maximum atomic E-state index is 10.9.